The number of benzene rings is 2. The number of nitrogens with one attached hydrogen (secondary N) is 1. The van der Waals surface area contributed by atoms with E-state index in [1.165, 1.54) is 0 Å². The molecule has 0 amide bonds. The molecule has 1 aliphatic heterocycles. The number of aldehydes is 1. The summed E-state index contributed by atoms with van der Waals surface area (Å²) in [5.41, 5.74) is 0.406. The molecule has 0 spiro atoms. The highest BCUT2D eigenvalue weighted by atomic mass is 35.5. The van der Waals surface area contributed by atoms with Crippen molar-refractivity contribution < 1.29 is 19.1 Å². The second kappa shape index (κ2) is 8.18. The maximum absolute atomic E-state index is 12.1. The maximum Gasteiger partial charge on any atom is 0.338 e. The zero-order valence-electron chi connectivity index (χ0n) is 13.8. The molecule has 0 saturated carbocycles. The SMILES string of the molecule is O=CC1NCC(CCOC(=O)c2ccccc2)(c2ccc(Cl)c(Cl)c2)O1. The van der Waals surface area contributed by atoms with E-state index in [-0.39, 0.29) is 6.61 Å². The summed E-state index contributed by atoms with van der Waals surface area (Å²) in [7, 11) is 0. The molecule has 0 bridgehead atoms. The van der Waals surface area contributed by atoms with Gasteiger partial charge in [-0.05, 0) is 29.8 Å². The van der Waals surface area contributed by atoms with E-state index >= 15 is 0 Å². The standard InChI is InChI=1S/C19H17Cl2NO4/c20-15-7-6-14(10-16(15)21)19(12-22-17(11-23)26-19)8-9-25-18(24)13-4-2-1-3-5-13/h1-7,10-11,17,22H,8-9,12H2. The Morgan fingerprint density at radius 2 is 2.00 bits per heavy atom. The fourth-order valence-corrected chi connectivity index (χ4v) is 3.17. The zero-order valence-corrected chi connectivity index (χ0v) is 15.3. The van der Waals surface area contributed by atoms with Crippen LogP contribution in [0.1, 0.15) is 22.3 Å². The van der Waals surface area contributed by atoms with E-state index in [1.54, 1.807) is 42.5 Å². The molecule has 1 N–H and O–H groups in total. The normalized spacial score (nSPS) is 22.2. The third kappa shape index (κ3) is 4.07. The molecule has 0 radical (unpaired) electrons. The van der Waals surface area contributed by atoms with Crippen LogP contribution in [0.15, 0.2) is 48.5 Å². The number of rotatable bonds is 6. The van der Waals surface area contributed by atoms with Gasteiger partial charge in [-0.25, -0.2) is 4.79 Å². The monoisotopic (exact) mass is 393 g/mol. The number of carbonyl (C=O) groups is 2. The van der Waals surface area contributed by atoms with Gasteiger partial charge in [0, 0.05) is 13.0 Å². The van der Waals surface area contributed by atoms with Crippen molar-refractivity contribution in [2.75, 3.05) is 13.2 Å². The molecule has 2 atom stereocenters. The quantitative estimate of drug-likeness (QED) is 0.600. The van der Waals surface area contributed by atoms with E-state index in [4.69, 9.17) is 32.7 Å². The highest BCUT2D eigenvalue weighted by molar-refractivity contribution is 6.42. The first-order valence-corrected chi connectivity index (χ1v) is 8.84. The highest BCUT2D eigenvalue weighted by Gasteiger charge is 2.41. The molecule has 2 unspecified atom stereocenters. The maximum atomic E-state index is 12.1. The van der Waals surface area contributed by atoms with Crippen molar-refractivity contribution in [3.05, 3.63) is 69.7 Å². The van der Waals surface area contributed by atoms with Crippen LogP contribution in [-0.4, -0.2) is 31.6 Å². The lowest BCUT2D eigenvalue weighted by Crippen LogP contribution is -2.32. The third-order valence-corrected chi connectivity index (χ3v) is 5.00. The fourth-order valence-electron chi connectivity index (χ4n) is 2.88. The van der Waals surface area contributed by atoms with Crippen LogP contribution in [0.5, 0.6) is 0 Å². The van der Waals surface area contributed by atoms with E-state index in [0.29, 0.717) is 34.9 Å². The molecule has 2 aromatic rings. The van der Waals surface area contributed by atoms with Gasteiger partial charge in [0.1, 0.15) is 5.60 Å². The van der Waals surface area contributed by atoms with Gasteiger partial charge in [0.05, 0.1) is 22.2 Å². The molecule has 26 heavy (non-hydrogen) atoms. The van der Waals surface area contributed by atoms with Crippen molar-refractivity contribution >= 4 is 35.5 Å². The molecule has 0 aliphatic carbocycles. The van der Waals surface area contributed by atoms with Crippen LogP contribution in [0, 0.1) is 0 Å². The fraction of sp³-hybridized carbons (Fsp3) is 0.263. The van der Waals surface area contributed by atoms with Crippen LogP contribution in [0.25, 0.3) is 0 Å². The van der Waals surface area contributed by atoms with Crippen molar-refractivity contribution in [2.24, 2.45) is 0 Å². The lowest BCUT2D eigenvalue weighted by molar-refractivity contribution is -0.125. The lowest BCUT2D eigenvalue weighted by Gasteiger charge is -2.28. The summed E-state index contributed by atoms with van der Waals surface area (Å²) in [4.78, 5) is 23.2. The second-order valence-electron chi connectivity index (χ2n) is 5.93. The van der Waals surface area contributed by atoms with E-state index in [9.17, 15) is 9.59 Å². The molecule has 5 nitrogen and oxygen atoms in total. The first kappa shape index (κ1) is 18.9. The Kier molecular flexibility index (Phi) is 5.94. The van der Waals surface area contributed by atoms with E-state index in [2.05, 4.69) is 5.32 Å². The van der Waals surface area contributed by atoms with E-state index in [1.807, 2.05) is 6.07 Å². The topological polar surface area (TPSA) is 64.6 Å². The molecule has 1 aliphatic rings. The Hall–Kier alpha value is -1.92. The summed E-state index contributed by atoms with van der Waals surface area (Å²) in [6.45, 7) is 0.512. The summed E-state index contributed by atoms with van der Waals surface area (Å²) in [5.74, 6) is -0.409. The third-order valence-electron chi connectivity index (χ3n) is 4.26. The van der Waals surface area contributed by atoms with Crippen molar-refractivity contribution in [1.82, 2.24) is 5.32 Å². The van der Waals surface area contributed by atoms with Crippen LogP contribution in [0.3, 0.4) is 0 Å². The van der Waals surface area contributed by atoms with Gasteiger partial charge in [0.15, 0.2) is 12.5 Å². The molecule has 1 saturated heterocycles. The average molecular weight is 394 g/mol. The first-order chi connectivity index (χ1) is 12.5. The van der Waals surface area contributed by atoms with Gasteiger partial charge in [-0.15, -0.1) is 0 Å². The van der Waals surface area contributed by atoms with Gasteiger partial charge >= 0.3 is 5.97 Å². The zero-order chi connectivity index (χ0) is 18.6. The minimum absolute atomic E-state index is 0.126. The number of ether oxygens (including phenoxy) is 2. The van der Waals surface area contributed by atoms with Crippen LogP contribution in [-0.2, 0) is 19.9 Å². The highest BCUT2D eigenvalue weighted by Crippen LogP contribution is 2.36. The minimum Gasteiger partial charge on any atom is -0.462 e. The van der Waals surface area contributed by atoms with Gasteiger partial charge < -0.3 is 9.47 Å². The van der Waals surface area contributed by atoms with Crippen molar-refractivity contribution in [1.29, 1.82) is 0 Å². The molecule has 3 rings (SSSR count). The summed E-state index contributed by atoms with van der Waals surface area (Å²) in [5, 5.41) is 3.81. The largest absolute Gasteiger partial charge is 0.462 e. The molecule has 2 aromatic carbocycles. The van der Waals surface area contributed by atoms with Gasteiger partial charge in [-0.3, -0.25) is 10.1 Å². The summed E-state index contributed by atoms with van der Waals surface area (Å²) < 4.78 is 11.3. The Balaban J connectivity index is 1.74. The molecule has 1 fully saturated rings. The smallest absolute Gasteiger partial charge is 0.338 e. The van der Waals surface area contributed by atoms with E-state index < -0.39 is 17.8 Å². The molecular formula is C19H17Cl2NO4. The number of hydrogen-bond donors (Lipinski definition) is 1. The number of halogens is 2. The minimum atomic E-state index is -0.837. The number of hydrogen-bond acceptors (Lipinski definition) is 5. The van der Waals surface area contributed by atoms with Crippen LogP contribution >= 0.6 is 23.2 Å². The number of carbonyl (C=O) groups excluding carboxylic acids is 2. The Morgan fingerprint density at radius 1 is 1.23 bits per heavy atom. The molecule has 1 heterocycles. The van der Waals surface area contributed by atoms with Crippen LogP contribution in [0.4, 0.5) is 0 Å². The molecule has 0 aromatic heterocycles. The predicted molar refractivity (Wildman–Crippen MR) is 98.4 cm³/mol. The van der Waals surface area contributed by atoms with Gasteiger partial charge in [-0.2, -0.15) is 0 Å². The Bertz CT molecular complexity index is 799. The molecule has 136 valence electrons. The van der Waals surface area contributed by atoms with Crippen LogP contribution < -0.4 is 5.32 Å². The van der Waals surface area contributed by atoms with Crippen molar-refractivity contribution in [2.45, 2.75) is 18.2 Å². The van der Waals surface area contributed by atoms with Crippen molar-refractivity contribution in [3.8, 4) is 0 Å². The summed E-state index contributed by atoms with van der Waals surface area (Å²) >= 11 is 12.1. The molecular weight excluding hydrogens is 377 g/mol. The molecule has 7 heteroatoms. The van der Waals surface area contributed by atoms with Crippen molar-refractivity contribution in [3.63, 3.8) is 0 Å². The van der Waals surface area contributed by atoms with Gasteiger partial charge in [0.2, 0.25) is 0 Å². The van der Waals surface area contributed by atoms with Gasteiger partial charge in [0.25, 0.3) is 0 Å². The first-order valence-electron chi connectivity index (χ1n) is 8.08. The summed E-state index contributed by atoms with van der Waals surface area (Å²) in [6, 6.07) is 13.9. The predicted octanol–water partition coefficient (Wildman–Crippen LogP) is 3.58. The Labute approximate surface area is 161 Å². The second-order valence-corrected chi connectivity index (χ2v) is 6.74. The van der Waals surface area contributed by atoms with E-state index in [0.717, 1.165) is 5.56 Å². The summed E-state index contributed by atoms with van der Waals surface area (Å²) in [6.07, 6.45) is 0.324. The van der Waals surface area contributed by atoms with Crippen LogP contribution in [0.2, 0.25) is 10.0 Å². The van der Waals surface area contributed by atoms with Gasteiger partial charge in [-0.1, -0.05) is 47.5 Å². The Morgan fingerprint density at radius 3 is 2.65 bits per heavy atom. The lowest BCUT2D eigenvalue weighted by atomic mass is 9.91. The average Bonchev–Trinajstić information content (AvgIpc) is 3.09. The number of esters is 1.